The van der Waals surface area contributed by atoms with E-state index in [2.05, 4.69) is 4.74 Å². The second-order valence-corrected chi connectivity index (χ2v) is 5.22. The Morgan fingerprint density at radius 2 is 2.20 bits per heavy atom. The number of rotatable bonds is 6. The van der Waals surface area contributed by atoms with Crippen LogP contribution in [0.1, 0.15) is 12.0 Å². The number of carboxylic acid groups (broad SMARTS) is 1. The third-order valence-corrected chi connectivity index (χ3v) is 3.36. The van der Waals surface area contributed by atoms with E-state index in [1.165, 1.54) is 12.1 Å². The number of likely N-dealkylation sites (tertiary alicyclic amines) is 1. The van der Waals surface area contributed by atoms with Crippen molar-refractivity contribution in [2.24, 2.45) is 5.92 Å². The summed E-state index contributed by atoms with van der Waals surface area (Å²) < 4.78 is 29.1. The average molecular weight is 306 g/mol. The van der Waals surface area contributed by atoms with Crippen molar-refractivity contribution in [2.75, 3.05) is 13.1 Å². The SMILES string of the molecule is O=C(O)CC1CN(Cc2cc(Cl)ccc2OC(F)F)C1. The van der Waals surface area contributed by atoms with Crippen LogP contribution in [0.25, 0.3) is 0 Å². The molecule has 0 spiro atoms. The average Bonchev–Trinajstić information content (AvgIpc) is 2.28. The van der Waals surface area contributed by atoms with Gasteiger partial charge in [0.2, 0.25) is 0 Å². The Hall–Kier alpha value is -1.40. The van der Waals surface area contributed by atoms with E-state index in [1.807, 2.05) is 4.90 Å². The number of hydrogen-bond acceptors (Lipinski definition) is 3. The number of halogens is 3. The number of nitrogens with zero attached hydrogens (tertiary/aromatic N) is 1. The van der Waals surface area contributed by atoms with Crippen LogP contribution in [0.3, 0.4) is 0 Å². The predicted molar refractivity (Wildman–Crippen MR) is 69.1 cm³/mol. The Balaban J connectivity index is 1.96. The molecule has 1 aliphatic heterocycles. The van der Waals surface area contributed by atoms with Crippen molar-refractivity contribution in [2.45, 2.75) is 19.6 Å². The molecule has 0 saturated carbocycles. The Morgan fingerprint density at radius 1 is 1.50 bits per heavy atom. The summed E-state index contributed by atoms with van der Waals surface area (Å²) in [5.41, 5.74) is 0.576. The number of carbonyl (C=O) groups is 1. The number of aliphatic carboxylic acids is 1. The van der Waals surface area contributed by atoms with Crippen molar-refractivity contribution in [3.8, 4) is 5.75 Å². The van der Waals surface area contributed by atoms with Crippen molar-refractivity contribution in [3.05, 3.63) is 28.8 Å². The summed E-state index contributed by atoms with van der Waals surface area (Å²) >= 11 is 5.86. The minimum Gasteiger partial charge on any atom is -0.481 e. The lowest BCUT2D eigenvalue weighted by Crippen LogP contribution is -2.46. The number of alkyl halides is 2. The van der Waals surface area contributed by atoms with Crippen LogP contribution in [0.2, 0.25) is 5.02 Å². The van der Waals surface area contributed by atoms with Crippen LogP contribution in [-0.2, 0) is 11.3 Å². The standard InChI is InChI=1S/C13H14ClF2NO3/c14-10-1-2-11(20-13(15)16)9(4-10)7-17-5-8(6-17)3-12(18)19/h1-2,4,8,13H,3,5-7H2,(H,18,19). The molecule has 1 aromatic rings. The monoisotopic (exact) mass is 305 g/mol. The summed E-state index contributed by atoms with van der Waals surface area (Å²) in [6.07, 6.45) is 0.131. The molecule has 1 saturated heterocycles. The topological polar surface area (TPSA) is 49.8 Å². The molecule has 0 radical (unpaired) electrons. The highest BCUT2D eigenvalue weighted by Crippen LogP contribution is 2.29. The molecule has 1 heterocycles. The van der Waals surface area contributed by atoms with Crippen LogP contribution < -0.4 is 4.74 Å². The van der Waals surface area contributed by atoms with Gasteiger partial charge in [-0.1, -0.05) is 11.6 Å². The molecular weight excluding hydrogens is 292 g/mol. The fourth-order valence-corrected chi connectivity index (χ4v) is 2.50. The first-order valence-corrected chi connectivity index (χ1v) is 6.49. The Kier molecular flexibility index (Phi) is 4.77. The molecule has 0 unspecified atom stereocenters. The van der Waals surface area contributed by atoms with Crippen LogP contribution in [0.15, 0.2) is 18.2 Å². The van der Waals surface area contributed by atoms with Gasteiger partial charge in [-0.25, -0.2) is 0 Å². The summed E-state index contributed by atoms with van der Waals surface area (Å²) in [6, 6.07) is 4.49. The lowest BCUT2D eigenvalue weighted by Gasteiger charge is -2.38. The molecular formula is C13H14ClF2NO3. The molecule has 1 aromatic carbocycles. The molecule has 0 aromatic heterocycles. The van der Waals surface area contributed by atoms with E-state index in [9.17, 15) is 13.6 Å². The van der Waals surface area contributed by atoms with Gasteiger partial charge in [-0.05, 0) is 24.1 Å². The van der Waals surface area contributed by atoms with E-state index >= 15 is 0 Å². The maximum Gasteiger partial charge on any atom is 0.387 e. The quantitative estimate of drug-likeness (QED) is 0.878. The molecule has 1 aliphatic rings. The lowest BCUT2D eigenvalue weighted by atomic mass is 9.95. The van der Waals surface area contributed by atoms with Gasteiger partial charge in [-0.3, -0.25) is 9.69 Å². The van der Waals surface area contributed by atoms with Crippen molar-refractivity contribution in [1.29, 1.82) is 0 Å². The van der Waals surface area contributed by atoms with Crippen LogP contribution >= 0.6 is 11.6 Å². The molecule has 7 heteroatoms. The first-order chi connectivity index (χ1) is 9.44. The van der Waals surface area contributed by atoms with Crippen LogP contribution in [-0.4, -0.2) is 35.7 Å². The lowest BCUT2D eigenvalue weighted by molar-refractivity contribution is -0.139. The summed E-state index contributed by atoms with van der Waals surface area (Å²) in [4.78, 5) is 12.5. The molecule has 0 atom stereocenters. The second kappa shape index (κ2) is 6.37. The van der Waals surface area contributed by atoms with Crippen molar-refractivity contribution in [3.63, 3.8) is 0 Å². The first-order valence-electron chi connectivity index (χ1n) is 6.11. The van der Waals surface area contributed by atoms with Gasteiger partial charge in [-0.15, -0.1) is 0 Å². The zero-order chi connectivity index (χ0) is 14.7. The van der Waals surface area contributed by atoms with Crippen LogP contribution in [0.5, 0.6) is 5.75 Å². The maximum atomic E-state index is 12.3. The molecule has 20 heavy (non-hydrogen) atoms. The summed E-state index contributed by atoms with van der Waals surface area (Å²) in [6.45, 7) is -1.20. The van der Waals surface area contributed by atoms with Gasteiger partial charge in [0.1, 0.15) is 5.75 Å². The van der Waals surface area contributed by atoms with Crippen molar-refractivity contribution in [1.82, 2.24) is 4.90 Å². The smallest absolute Gasteiger partial charge is 0.387 e. The van der Waals surface area contributed by atoms with Crippen LogP contribution in [0.4, 0.5) is 8.78 Å². The van der Waals surface area contributed by atoms with Gasteiger partial charge < -0.3 is 9.84 Å². The number of carboxylic acids is 1. The molecule has 0 bridgehead atoms. The number of hydrogen-bond donors (Lipinski definition) is 1. The molecule has 110 valence electrons. The van der Waals surface area contributed by atoms with E-state index in [-0.39, 0.29) is 18.1 Å². The fraction of sp³-hybridized carbons (Fsp3) is 0.462. The third-order valence-electron chi connectivity index (χ3n) is 3.13. The normalized spacial score (nSPS) is 16.2. The van der Waals surface area contributed by atoms with Crippen LogP contribution in [0, 0.1) is 5.92 Å². The second-order valence-electron chi connectivity index (χ2n) is 4.79. The van der Waals surface area contributed by atoms with E-state index < -0.39 is 12.6 Å². The fourth-order valence-electron chi connectivity index (χ4n) is 2.31. The van der Waals surface area contributed by atoms with Gasteiger partial charge >= 0.3 is 12.6 Å². The van der Waals surface area contributed by atoms with Gasteiger partial charge in [0.15, 0.2) is 0 Å². The summed E-state index contributed by atoms with van der Waals surface area (Å²) in [7, 11) is 0. The minimum absolute atomic E-state index is 0.103. The summed E-state index contributed by atoms with van der Waals surface area (Å²) in [5.74, 6) is -0.601. The minimum atomic E-state index is -2.88. The van der Waals surface area contributed by atoms with E-state index in [0.29, 0.717) is 30.2 Å². The Labute approximate surface area is 119 Å². The molecule has 0 aliphatic carbocycles. The zero-order valence-electron chi connectivity index (χ0n) is 10.6. The highest BCUT2D eigenvalue weighted by atomic mass is 35.5. The van der Waals surface area contributed by atoms with Gasteiger partial charge in [-0.2, -0.15) is 8.78 Å². The van der Waals surface area contributed by atoms with Crippen molar-refractivity contribution < 1.29 is 23.4 Å². The molecule has 1 N–H and O–H groups in total. The van der Waals surface area contributed by atoms with E-state index in [0.717, 1.165) is 0 Å². The number of ether oxygens (including phenoxy) is 1. The predicted octanol–water partition coefficient (Wildman–Crippen LogP) is 2.85. The first kappa shape index (κ1) is 15.0. The Morgan fingerprint density at radius 3 is 2.80 bits per heavy atom. The highest BCUT2D eigenvalue weighted by Gasteiger charge is 2.29. The molecule has 1 fully saturated rings. The zero-order valence-corrected chi connectivity index (χ0v) is 11.3. The maximum absolute atomic E-state index is 12.3. The van der Waals surface area contributed by atoms with Crippen molar-refractivity contribution >= 4 is 17.6 Å². The third kappa shape index (κ3) is 4.05. The highest BCUT2D eigenvalue weighted by molar-refractivity contribution is 6.30. The van der Waals surface area contributed by atoms with E-state index in [1.54, 1.807) is 6.07 Å². The molecule has 2 rings (SSSR count). The number of benzene rings is 1. The largest absolute Gasteiger partial charge is 0.481 e. The van der Waals surface area contributed by atoms with E-state index in [4.69, 9.17) is 16.7 Å². The van der Waals surface area contributed by atoms with Gasteiger partial charge in [0, 0.05) is 30.2 Å². The summed E-state index contributed by atoms with van der Waals surface area (Å²) in [5, 5.41) is 9.11. The van der Waals surface area contributed by atoms with Gasteiger partial charge in [0.25, 0.3) is 0 Å². The Bertz CT molecular complexity index is 493. The van der Waals surface area contributed by atoms with Gasteiger partial charge in [0.05, 0.1) is 6.42 Å². The molecule has 0 amide bonds. The molecule has 4 nitrogen and oxygen atoms in total.